The van der Waals surface area contributed by atoms with Gasteiger partial charge in [0.1, 0.15) is 0 Å². The van der Waals surface area contributed by atoms with Gasteiger partial charge in [0.05, 0.1) is 16.8 Å². The highest BCUT2D eigenvalue weighted by molar-refractivity contribution is 14.1. The Kier molecular flexibility index (Phi) is 5.09. The van der Waals surface area contributed by atoms with Gasteiger partial charge in [-0.3, -0.25) is 4.79 Å². The molecule has 0 aliphatic heterocycles. The van der Waals surface area contributed by atoms with Crippen LogP contribution in [0.25, 0.3) is 21.5 Å². The Balaban J connectivity index is 1.72. The number of halogens is 2. The number of hydrogen-bond acceptors (Lipinski definition) is 2. The van der Waals surface area contributed by atoms with Gasteiger partial charge in [0.15, 0.2) is 0 Å². The summed E-state index contributed by atoms with van der Waals surface area (Å²) in [6.07, 6.45) is 1.70. The Bertz CT molecular complexity index is 1150. The van der Waals surface area contributed by atoms with Crippen LogP contribution in [0.4, 0.5) is 0 Å². The summed E-state index contributed by atoms with van der Waals surface area (Å²) < 4.78 is 0.936. The molecule has 0 atom stereocenters. The van der Waals surface area contributed by atoms with E-state index in [1.165, 1.54) is 0 Å². The lowest BCUT2D eigenvalue weighted by atomic mass is 9.97. The summed E-state index contributed by atoms with van der Waals surface area (Å²) in [5.74, 6) is -0.334. The van der Waals surface area contributed by atoms with Crippen molar-refractivity contribution in [2.75, 3.05) is 0 Å². The van der Waals surface area contributed by atoms with Crippen molar-refractivity contribution in [2.24, 2.45) is 5.10 Å². The molecule has 0 spiro atoms. The maximum absolute atomic E-state index is 12.4. The first-order chi connectivity index (χ1) is 13.1. The zero-order valence-corrected chi connectivity index (χ0v) is 17.0. The molecule has 4 aromatic rings. The predicted octanol–water partition coefficient (Wildman–Crippen LogP) is 6.01. The van der Waals surface area contributed by atoms with Crippen LogP contribution in [0.2, 0.25) is 5.02 Å². The lowest BCUT2D eigenvalue weighted by Gasteiger charge is -2.08. The highest BCUT2D eigenvalue weighted by Gasteiger charge is 2.10. The molecule has 27 heavy (non-hydrogen) atoms. The smallest absolute Gasteiger partial charge is 0.267 e. The summed E-state index contributed by atoms with van der Waals surface area (Å²) in [6, 6.07) is 23.7. The predicted molar refractivity (Wildman–Crippen MR) is 121 cm³/mol. The number of carbonyl (C=O) groups excluding carboxylic acids is 1. The Morgan fingerprint density at radius 2 is 1.56 bits per heavy atom. The second-order valence-corrected chi connectivity index (χ2v) is 7.71. The van der Waals surface area contributed by atoms with Crippen molar-refractivity contribution < 1.29 is 4.79 Å². The molecule has 0 unspecified atom stereocenters. The van der Waals surface area contributed by atoms with Gasteiger partial charge in [-0.25, -0.2) is 5.43 Å². The largest absolute Gasteiger partial charge is 0.272 e. The van der Waals surface area contributed by atoms with Crippen LogP contribution in [0.3, 0.4) is 0 Å². The van der Waals surface area contributed by atoms with Gasteiger partial charge >= 0.3 is 0 Å². The second kappa shape index (κ2) is 7.66. The molecule has 0 aliphatic rings. The monoisotopic (exact) mass is 484 g/mol. The van der Waals surface area contributed by atoms with E-state index in [4.69, 9.17) is 11.6 Å². The van der Waals surface area contributed by atoms with Crippen LogP contribution in [0, 0.1) is 3.57 Å². The number of rotatable bonds is 3. The first kappa shape index (κ1) is 17.9. The topological polar surface area (TPSA) is 41.5 Å². The van der Waals surface area contributed by atoms with Crippen molar-refractivity contribution >= 4 is 67.9 Å². The summed E-state index contributed by atoms with van der Waals surface area (Å²) in [7, 11) is 0. The minimum absolute atomic E-state index is 0.334. The van der Waals surface area contributed by atoms with Crippen LogP contribution in [-0.2, 0) is 0 Å². The van der Waals surface area contributed by atoms with Crippen LogP contribution < -0.4 is 5.43 Å². The van der Waals surface area contributed by atoms with Crippen LogP contribution >= 0.6 is 34.2 Å². The van der Waals surface area contributed by atoms with Gasteiger partial charge in [0, 0.05) is 9.13 Å². The van der Waals surface area contributed by atoms with Gasteiger partial charge in [-0.1, -0.05) is 60.1 Å². The molecule has 1 amide bonds. The number of nitrogens with one attached hydrogen (secondary N) is 1. The normalized spacial score (nSPS) is 11.3. The molecule has 0 radical (unpaired) electrons. The summed E-state index contributed by atoms with van der Waals surface area (Å²) >= 11 is 8.27. The number of amides is 1. The molecule has 1 N–H and O–H groups in total. The Morgan fingerprint density at radius 1 is 0.926 bits per heavy atom. The van der Waals surface area contributed by atoms with Gasteiger partial charge in [0.25, 0.3) is 5.91 Å². The number of nitrogens with zero attached hydrogens (tertiary/aromatic N) is 1. The molecule has 132 valence electrons. The lowest BCUT2D eigenvalue weighted by Crippen LogP contribution is -2.18. The van der Waals surface area contributed by atoms with Gasteiger partial charge in [0.2, 0.25) is 0 Å². The molecule has 5 heteroatoms. The van der Waals surface area contributed by atoms with Crippen LogP contribution in [0.1, 0.15) is 15.9 Å². The van der Waals surface area contributed by atoms with E-state index in [0.717, 1.165) is 30.7 Å². The number of carbonyl (C=O) groups is 1. The molecule has 0 fully saturated rings. The average Bonchev–Trinajstić information content (AvgIpc) is 2.69. The number of benzene rings is 4. The van der Waals surface area contributed by atoms with E-state index < -0.39 is 0 Å². The third kappa shape index (κ3) is 3.68. The molecule has 4 rings (SSSR count). The van der Waals surface area contributed by atoms with E-state index in [1.807, 2.05) is 30.3 Å². The zero-order chi connectivity index (χ0) is 18.8. The molecule has 0 aliphatic carbocycles. The van der Waals surface area contributed by atoms with Crippen LogP contribution in [0.15, 0.2) is 77.9 Å². The van der Waals surface area contributed by atoms with E-state index in [0.29, 0.717) is 10.6 Å². The first-order valence-corrected chi connectivity index (χ1v) is 9.78. The maximum Gasteiger partial charge on any atom is 0.272 e. The Hall–Kier alpha value is -2.44. The molecule has 3 nitrogen and oxygen atoms in total. The SMILES string of the molecule is O=C(NN=Cc1c2ccccc2cc2ccccc12)c1cc(I)ccc1Cl. The minimum Gasteiger partial charge on any atom is -0.267 e. The number of fused-ring (bicyclic) bond motifs is 2. The molecule has 0 bridgehead atoms. The summed E-state index contributed by atoms with van der Waals surface area (Å²) in [5.41, 5.74) is 3.96. The first-order valence-electron chi connectivity index (χ1n) is 8.32. The summed E-state index contributed by atoms with van der Waals surface area (Å²) in [4.78, 5) is 12.4. The van der Waals surface area contributed by atoms with Gasteiger partial charge in [-0.2, -0.15) is 5.10 Å². The summed E-state index contributed by atoms with van der Waals surface area (Å²) in [5, 5.41) is 9.03. The maximum atomic E-state index is 12.4. The fourth-order valence-electron chi connectivity index (χ4n) is 3.08. The number of hydrazone groups is 1. The van der Waals surface area contributed by atoms with Crippen LogP contribution in [0.5, 0.6) is 0 Å². The third-order valence-electron chi connectivity index (χ3n) is 4.35. The molecule has 0 heterocycles. The molecule has 0 saturated carbocycles. The molecule has 4 aromatic carbocycles. The van der Waals surface area contributed by atoms with Crippen molar-refractivity contribution in [1.29, 1.82) is 0 Å². The summed E-state index contributed by atoms with van der Waals surface area (Å²) in [6.45, 7) is 0. The van der Waals surface area contributed by atoms with Crippen molar-refractivity contribution in [3.63, 3.8) is 0 Å². The van der Waals surface area contributed by atoms with E-state index in [1.54, 1.807) is 18.3 Å². The standard InChI is InChI=1S/C22H14ClIN2O/c23-21-10-9-16(24)12-19(21)22(27)26-25-13-20-17-7-3-1-5-14(17)11-15-6-2-4-8-18(15)20/h1-13H,(H,26,27). The number of hydrogen-bond donors (Lipinski definition) is 1. The molecule has 0 saturated heterocycles. The fraction of sp³-hybridized carbons (Fsp3) is 0. The molecular weight excluding hydrogens is 471 g/mol. The van der Waals surface area contributed by atoms with Crippen LogP contribution in [-0.4, -0.2) is 12.1 Å². The molecule has 0 aromatic heterocycles. The molecular formula is C22H14ClIN2O. The van der Waals surface area contributed by atoms with E-state index in [-0.39, 0.29) is 5.91 Å². The average molecular weight is 485 g/mol. The lowest BCUT2D eigenvalue weighted by molar-refractivity contribution is 0.0955. The highest BCUT2D eigenvalue weighted by atomic mass is 127. The van der Waals surface area contributed by atoms with Crippen molar-refractivity contribution in [3.8, 4) is 0 Å². The van der Waals surface area contributed by atoms with Gasteiger partial charge in [-0.15, -0.1) is 0 Å². The Labute approximate surface area is 175 Å². The Morgan fingerprint density at radius 3 is 2.22 bits per heavy atom. The van der Waals surface area contributed by atoms with Crippen molar-refractivity contribution in [1.82, 2.24) is 5.43 Å². The van der Waals surface area contributed by atoms with E-state index in [9.17, 15) is 4.79 Å². The fourth-order valence-corrected chi connectivity index (χ4v) is 3.77. The van der Waals surface area contributed by atoms with E-state index in [2.05, 4.69) is 63.4 Å². The van der Waals surface area contributed by atoms with Gasteiger partial charge in [-0.05, 0) is 68.4 Å². The van der Waals surface area contributed by atoms with Crippen molar-refractivity contribution in [2.45, 2.75) is 0 Å². The third-order valence-corrected chi connectivity index (χ3v) is 5.35. The van der Waals surface area contributed by atoms with E-state index >= 15 is 0 Å². The quantitative estimate of drug-likeness (QED) is 0.164. The highest BCUT2D eigenvalue weighted by Crippen LogP contribution is 2.27. The zero-order valence-electron chi connectivity index (χ0n) is 14.1. The van der Waals surface area contributed by atoms with Gasteiger partial charge < -0.3 is 0 Å². The second-order valence-electron chi connectivity index (χ2n) is 6.06. The van der Waals surface area contributed by atoms with Crippen molar-refractivity contribution in [3.05, 3.63) is 92.5 Å². The minimum atomic E-state index is -0.334.